The van der Waals surface area contributed by atoms with Gasteiger partial charge in [0.2, 0.25) is 0 Å². The Kier molecular flexibility index (Phi) is 6.62. The lowest BCUT2D eigenvalue weighted by Gasteiger charge is -2.20. The standard InChI is InChI=1S/C39H36N4O/c1-25-18-30(42-24-28(23-41-42)38-26(2)10-9-11-27(38)3)21-32(19-25)44-31-14-15-34-33-12-7-8-13-35(33)43(36(34)22-31)37-20-29(16-17-40-37)39(4,5)6/h7-24H,1-6H3. The van der Waals surface area contributed by atoms with Gasteiger partial charge in [-0.15, -0.1) is 0 Å². The average molecular weight is 577 g/mol. The van der Waals surface area contributed by atoms with E-state index in [0.717, 1.165) is 50.6 Å². The average Bonchev–Trinajstić information content (AvgIpc) is 3.60. The summed E-state index contributed by atoms with van der Waals surface area (Å²) >= 11 is 0. The molecule has 7 aromatic rings. The van der Waals surface area contributed by atoms with Crippen LogP contribution in [0.4, 0.5) is 0 Å². The summed E-state index contributed by atoms with van der Waals surface area (Å²) in [5.41, 5.74) is 10.3. The van der Waals surface area contributed by atoms with Gasteiger partial charge in [0.15, 0.2) is 0 Å². The minimum Gasteiger partial charge on any atom is -0.457 e. The van der Waals surface area contributed by atoms with Gasteiger partial charge in [0.25, 0.3) is 0 Å². The van der Waals surface area contributed by atoms with Gasteiger partial charge in [0.05, 0.1) is 22.9 Å². The Bertz CT molecular complexity index is 2160. The highest BCUT2D eigenvalue weighted by atomic mass is 16.5. The fourth-order valence-electron chi connectivity index (χ4n) is 6.19. The van der Waals surface area contributed by atoms with E-state index in [0.29, 0.717) is 0 Å². The molecule has 0 atom stereocenters. The number of fused-ring (bicyclic) bond motifs is 3. The molecule has 0 saturated carbocycles. The predicted octanol–water partition coefficient (Wildman–Crippen LogP) is 10.0. The zero-order valence-corrected chi connectivity index (χ0v) is 26.1. The van der Waals surface area contributed by atoms with Gasteiger partial charge in [-0.25, -0.2) is 9.67 Å². The van der Waals surface area contributed by atoms with Crippen LogP contribution < -0.4 is 4.74 Å². The second-order valence-corrected chi connectivity index (χ2v) is 12.7. The van der Waals surface area contributed by atoms with E-state index >= 15 is 0 Å². The molecule has 218 valence electrons. The molecule has 3 aromatic heterocycles. The number of pyridine rings is 1. The number of para-hydroxylation sites is 1. The Morgan fingerprint density at radius 3 is 2.27 bits per heavy atom. The highest BCUT2D eigenvalue weighted by molar-refractivity contribution is 6.09. The van der Waals surface area contributed by atoms with Crippen molar-refractivity contribution < 1.29 is 4.74 Å². The quantitative estimate of drug-likeness (QED) is 0.205. The Morgan fingerprint density at radius 2 is 1.48 bits per heavy atom. The lowest BCUT2D eigenvalue weighted by molar-refractivity contribution is 0.482. The van der Waals surface area contributed by atoms with E-state index in [2.05, 4.69) is 131 Å². The summed E-state index contributed by atoms with van der Waals surface area (Å²) in [6.07, 6.45) is 5.94. The van der Waals surface area contributed by atoms with Crippen molar-refractivity contribution in [2.24, 2.45) is 0 Å². The summed E-state index contributed by atoms with van der Waals surface area (Å²) in [6, 6.07) is 31.7. The van der Waals surface area contributed by atoms with Crippen LogP contribution in [0.25, 0.3) is 44.4 Å². The van der Waals surface area contributed by atoms with E-state index < -0.39 is 0 Å². The van der Waals surface area contributed by atoms with E-state index in [1.807, 2.05) is 29.2 Å². The lowest BCUT2D eigenvalue weighted by Crippen LogP contribution is -2.12. The molecule has 0 bridgehead atoms. The first-order valence-corrected chi connectivity index (χ1v) is 15.1. The minimum atomic E-state index is 0.0156. The van der Waals surface area contributed by atoms with E-state index in [9.17, 15) is 0 Å². The molecule has 4 aromatic carbocycles. The molecule has 0 aliphatic carbocycles. The van der Waals surface area contributed by atoms with E-state index in [1.165, 1.54) is 27.6 Å². The van der Waals surface area contributed by atoms with Gasteiger partial charge in [-0.2, -0.15) is 5.10 Å². The van der Waals surface area contributed by atoms with Crippen LogP contribution in [0, 0.1) is 20.8 Å². The molecule has 3 heterocycles. The first-order valence-electron chi connectivity index (χ1n) is 15.1. The third kappa shape index (κ3) is 4.94. The van der Waals surface area contributed by atoms with Crippen molar-refractivity contribution in [3.63, 3.8) is 0 Å². The van der Waals surface area contributed by atoms with Crippen LogP contribution in [0.15, 0.2) is 110 Å². The van der Waals surface area contributed by atoms with E-state index in [-0.39, 0.29) is 5.41 Å². The van der Waals surface area contributed by atoms with Gasteiger partial charge >= 0.3 is 0 Å². The largest absolute Gasteiger partial charge is 0.457 e. The molecule has 0 aliphatic heterocycles. The van der Waals surface area contributed by atoms with E-state index in [1.54, 1.807) is 0 Å². The number of aryl methyl sites for hydroxylation is 3. The number of ether oxygens (including phenoxy) is 1. The zero-order chi connectivity index (χ0) is 30.6. The molecule has 0 spiro atoms. The number of rotatable bonds is 5. The predicted molar refractivity (Wildman–Crippen MR) is 181 cm³/mol. The van der Waals surface area contributed by atoms with Crippen molar-refractivity contribution in [1.29, 1.82) is 0 Å². The number of hydrogen-bond acceptors (Lipinski definition) is 3. The highest BCUT2D eigenvalue weighted by Crippen LogP contribution is 2.36. The zero-order valence-electron chi connectivity index (χ0n) is 26.1. The molecule has 0 N–H and O–H groups in total. The summed E-state index contributed by atoms with van der Waals surface area (Å²) in [6.45, 7) is 13.1. The van der Waals surface area contributed by atoms with Gasteiger partial charge in [0.1, 0.15) is 17.3 Å². The molecule has 0 radical (unpaired) electrons. The fourth-order valence-corrected chi connectivity index (χ4v) is 6.19. The minimum absolute atomic E-state index is 0.0156. The van der Waals surface area contributed by atoms with Crippen LogP contribution in [0.2, 0.25) is 0 Å². The van der Waals surface area contributed by atoms with Crippen molar-refractivity contribution in [1.82, 2.24) is 19.3 Å². The molecule has 0 aliphatic rings. The Labute approximate surface area is 258 Å². The Morgan fingerprint density at radius 1 is 0.705 bits per heavy atom. The summed E-state index contributed by atoms with van der Waals surface area (Å²) in [5.74, 6) is 2.43. The molecule has 7 rings (SSSR count). The fraction of sp³-hybridized carbons (Fsp3) is 0.179. The monoisotopic (exact) mass is 576 g/mol. The van der Waals surface area contributed by atoms with Crippen LogP contribution in [-0.2, 0) is 5.41 Å². The third-order valence-corrected chi connectivity index (χ3v) is 8.37. The number of benzene rings is 4. The van der Waals surface area contributed by atoms with E-state index in [4.69, 9.17) is 14.8 Å². The topological polar surface area (TPSA) is 44.9 Å². The number of hydrogen-bond donors (Lipinski definition) is 0. The van der Waals surface area contributed by atoms with Crippen LogP contribution in [0.3, 0.4) is 0 Å². The molecule has 0 unspecified atom stereocenters. The molecule has 5 nitrogen and oxygen atoms in total. The second-order valence-electron chi connectivity index (χ2n) is 12.7. The first-order chi connectivity index (χ1) is 21.2. The summed E-state index contributed by atoms with van der Waals surface area (Å²) in [7, 11) is 0. The molecule has 5 heteroatoms. The van der Waals surface area contributed by atoms with Gasteiger partial charge in [0, 0.05) is 40.9 Å². The number of aromatic nitrogens is 4. The van der Waals surface area contributed by atoms with Gasteiger partial charge < -0.3 is 4.74 Å². The molecular formula is C39H36N4O. The summed E-state index contributed by atoms with van der Waals surface area (Å²) < 4.78 is 10.7. The van der Waals surface area contributed by atoms with Crippen molar-refractivity contribution in [2.45, 2.75) is 47.0 Å². The molecule has 0 fully saturated rings. The molecule has 0 amide bonds. The maximum atomic E-state index is 6.55. The SMILES string of the molecule is Cc1cc(Oc2ccc3c4ccccc4n(-c4cc(C(C)(C)C)ccn4)c3c2)cc(-n2cc(-c3c(C)cccc3C)cn2)c1. The summed E-state index contributed by atoms with van der Waals surface area (Å²) in [5, 5.41) is 7.07. The number of nitrogens with zero attached hydrogens (tertiary/aromatic N) is 4. The second kappa shape index (κ2) is 10.5. The van der Waals surface area contributed by atoms with Crippen molar-refractivity contribution in [3.05, 3.63) is 132 Å². The van der Waals surface area contributed by atoms with Crippen LogP contribution >= 0.6 is 0 Å². The first kappa shape index (κ1) is 27.7. The van der Waals surface area contributed by atoms with Gasteiger partial charge in [-0.05, 0) is 96.5 Å². The molecule has 0 saturated heterocycles. The lowest BCUT2D eigenvalue weighted by atomic mass is 9.88. The van der Waals surface area contributed by atoms with Gasteiger partial charge in [-0.3, -0.25) is 4.57 Å². The van der Waals surface area contributed by atoms with Crippen LogP contribution in [-0.4, -0.2) is 19.3 Å². The summed E-state index contributed by atoms with van der Waals surface area (Å²) in [4.78, 5) is 4.81. The smallest absolute Gasteiger partial charge is 0.137 e. The molecule has 44 heavy (non-hydrogen) atoms. The maximum Gasteiger partial charge on any atom is 0.137 e. The third-order valence-electron chi connectivity index (χ3n) is 8.37. The normalized spacial score (nSPS) is 11.9. The van der Waals surface area contributed by atoms with Crippen molar-refractivity contribution in [3.8, 4) is 34.1 Å². The van der Waals surface area contributed by atoms with Crippen LogP contribution in [0.1, 0.15) is 43.0 Å². The van der Waals surface area contributed by atoms with Crippen molar-refractivity contribution >= 4 is 21.8 Å². The molecular weight excluding hydrogens is 540 g/mol. The van der Waals surface area contributed by atoms with Crippen molar-refractivity contribution in [2.75, 3.05) is 0 Å². The van der Waals surface area contributed by atoms with Gasteiger partial charge in [-0.1, -0.05) is 57.2 Å². The van der Waals surface area contributed by atoms with Crippen LogP contribution in [0.5, 0.6) is 11.5 Å². The Hall–Kier alpha value is -5.16. The highest BCUT2D eigenvalue weighted by Gasteiger charge is 2.18. The Balaban J connectivity index is 1.28. The maximum absolute atomic E-state index is 6.55.